The van der Waals surface area contributed by atoms with E-state index in [1.807, 2.05) is 30.3 Å². The Morgan fingerprint density at radius 2 is 1.93 bits per heavy atom. The summed E-state index contributed by atoms with van der Waals surface area (Å²) in [7, 11) is -2.42. The maximum atomic E-state index is 12.8. The fourth-order valence-corrected chi connectivity index (χ4v) is 4.64. The quantitative estimate of drug-likeness (QED) is 0.358. The van der Waals surface area contributed by atoms with Crippen LogP contribution < -0.4 is 8.92 Å². The van der Waals surface area contributed by atoms with E-state index in [0.29, 0.717) is 21.3 Å². The molecule has 0 aromatic heterocycles. The summed E-state index contributed by atoms with van der Waals surface area (Å²) < 4.78 is 33.4. The fourth-order valence-electron chi connectivity index (χ4n) is 2.61. The van der Waals surface area contributed by atoms with E-state index in [4.69, 9.17) is 32.7 Å². The summed E-state index contributed by atoms with van der Waals surface area (Å²) in [5.74, 6) is -0.185. The van der Waals surface area contributed by atoms with Gasteiger partial charge in [0.15, 0.2) is 5.75 Å². The van der Waals surface area contributed by atoms with Crippen LogP contribution in [-0.2, 0) is 21.5 Å². The van der Waals surface area contributed by atoms with Gasteiger partial charge in [-0.25, -0.2) is 0 Å². The summed E-state index contributed by atoms with van der Waals surface area (Å²) in [6.07, 6.45) is 2.54. The Hall–Kier alpha value is -2.07. The molecule has 1 saturated heterocycles. The molecule has 3 rings (SSSR count). The van der Waals surface area contributed by atoms with E-state index in [-0.39, 0.29) is 22.4 Å². The summed E-state index contributed by atoms with van der Waals surface area (Å²) in [6, 6.07) is 12.6. The molecule has 29 heavy (non-hydrogen) atoms. The normalized spacial score (nSPS) is 15.8. The zero-order chi connectivity index (χ0) is 21.2. The minimum atomic E-state index is -3.78. The molecule has 1 fully saturated rings. The second-order valence-corrected chi connectivity index (χ2v) is 9.73. The van der Waals surface area contributed by atoms with Crippen molar-refractivity contribution in [3.05, 3.63) is 63.5 Å². The van der Waals surface area contributed by atoms with Gasteiger partial charge in [0.05, 0.1) is 29.8 Å². The first kappa shape index (κ1) is 21.6. The third-order valence-corrected chi connectivity index (χ3v) is 5.97. The predicted octanol–water partition coefficient (Wildman–Crippen LogP) is 4.09. The molecule has 10 heteroatoms. The van der Waals surface area contributed by atoms with Gasteiger partial charge in [0.25, 0.3) is 5.91 Å². The van der Waals surface area contributed by atoms with Crippen LogP contribution >= 0.6 is 35.6 Å². The Labute approximate surface area is 183 Å². The van der Waals surface area contributed by atoms with Crippen LogP contribution in [0.3, 0.4) is 0 Å². The number of hydrogen-bond donors (Lipinski definition) is 0. The number of nitrogens with zero attached hydrogens (tertiary/aromatic N) is 1. The molecule has 0 aliphatic carbocycles. The summed E-state index contributed by atoms with van der Waals surface area (Å²) in [4.78, 5) is 14.8. The number of carbonyl (C=O) groups is 1. The van der Waals surface area contributed by atoms with Crippen molar-refractivity contribution in [3.8, 4) is 11.5 Å². The van der Waals surface area contributed by atoms with Gasteiger partial charge in [0.1, 0.15) is 4.32 Å². The predicted molar refractivity (Wildman–Crippen MR) is 119 cm³/mol. The first-order chi connectivity index (χ1) is 13.7. The van der Waals surface area contributed by atoms with Crippen molar-refractivity contribution in [3.63, 3.8) is 0 Å². The average molecular weight is 470 g/mol. The van der Waals surface area contributed by atoms with E-state index in [1.54, 1.807) is 6.08 Å². The van der Waals surface area contributed by atoms with Crippen molar-refractivity contribution in [2.45, 2.75) is 6.54 Å². The van der Waals surface area contributed by atoms with E-state index in [2.05, 4.69) is 0 Å². The van der Waals surface area contributed by atoms with Crippen LogP contribution in [-0.4, -0.2) is 36.9 Å². The zero-order valence-corrected chi connectivity index (χ0v) is 18.6. The minimum absolute atomic E-state index is 0.0424. The van der Waals surface area contributed by atoms with Crippen LogP contribution in [0.2, 0.25) is 5.02 Å². The second-order valence-electron chi connectivity index (χ2n) is 6.08. The van der Waals surface area contributed by atoms with Gasteiger partial charge < -0.3 is 8.92 Å². The van der Waals surface area contributed by atoms with Crippen LogP contribution in [0, 0.1) is 0 Å². The topological polar surface area (TPSA) is 72.9 Å². The van der Waals surface area contributed by atoms with Gasteiger partial charge in [-0.1, -0.05) is 65.9 Å². The van der Waals surface area contributed by atoms with Gasteiger partial charge >= 0.3 is 10.1 Å². The molecular weight excluding hydrogens is 454 g/mol. The van der Waals surface area contributed by atoms with Crippen molar-refractivity contribution in [2.24, 2.45) is 0 Å². The zero-order valence-electron chi connectivity index (χ0n) is 15.4. The number of methoxy groups -OCH3 is 1. The van der Waals surface area contributed by atoms with E-state index < -0.39 is 10.1 Å². The molecule has 2 aromatic carbocycles. The van der Waals surface area contributed by atoms with E-state index in [9.17, 15) is 13.2 Å². The Bertz CT molecular complexity index is 1100. The maximum absolute atomic E-state index is 12.8. The van der Waals surface area contributed by atoms with Crippen molar-refractivity contribution in [1.29, 1.82) is 0 Å². The standard InChI is InChI=1S/C19H16ClNO5S3/c1-25-15-9-13(8-14(20)17(15)26-29(2,23)24)10-16-18(22)21(19(27)28-16)11-12-6-4-3-5-7-12/h3-10H,11H2,1-2H3. The molecule has 1 aliphatic rings. The Kier molecular flexibility index (Phi) is 6.52. The van der Waals surface area contributed by atoms with Crippen LogP contribution in [0.4, 0.5) is 0 Å². The molecule has 1 heterocycles. The number of amides is 1. The Balaban J connectivity index is 1.89. The lowest BCUT2D eigenvalue weighted by atomic mass is 10.1. The molecule has 0 saturated carbocycles. The van der Waals surface area contributed by atoms with Crippen LogP contribution in [0.15, 0.2) is 47.4 Å². The highest BCUT2D eigenvalue weighted by molar-refractivity contribution is 8.26. The van der Waals surface area contributed by atoms with Gasteiger partial charge in [-0.05, 0) is 29.3 Å². The molecule has 1 amide bonds. The summed E-state index contributed by atoms with van der Waals surface area (Å²) in [5.41, 5.74) is 1.52. The number of ether oxygens (including phenoxy) is 1. The van der Waals surface area contributed by atoms with Crippen LogP contribution in [0.25, 0.3) is 6.08 Å². The smallest absolute Gasteiger partial charge is 0.306 e. The van der Waals surface area contributed by atoms with Crippen LogP contribution in [0.5, 0.6) is 11.5 Å². The lowest BCUT2D eigenvalue weighted by molar-refractivity contribution is -0.122. The van der Waals surface area contributed by atoms with Crippen molar-refractivity contribution in [2.75, 3.05) is 13.4 Å². The first-order valence-corrected chi connectivity index (χ1v) is 11.7. The van der Waals surface area contributed by atoms with Gasteiger partial charge in [0.2, 0.25) is 5.75 Å². The number of rotatable bonds is 6. The fraction of sp³-hybridized carbons (Fsp3) is 0.158. The second kappa shape index (κ2) is 8.74. The van der Waals surface area contributed by atoms with Crippen molar-refractivity contribution < 1.29 is 22.1 Å². The van der Waals surface area contributed by atoms with Crippen LogP contribution in [0.1, 0.15) is 11.1 Å². The highest BCUT2D eigenvalue weighted by atomic mass is 35.5. The molecule has 0 spiro atoms. The largest absolute Gasteiger partial charge is 0.493 e. The number of thioether (sulfide) groups is 1. The highest BCUT2D eigenvalue weighted by Crippen LogP contribution is 2.39. The third-order valence-electron chi connectivity index (χ3n) is 3.84. The van der Waals surface area contributed by atoms with Gasteiger partial charge in [-0.3, -0.25) is 9.69 Å². The summed E-state index contributed by atoms with van der Waals surface area (Å²) in [6.45, 7) is 0.383. The monoisotopic (exact) mass is 469 g/mol. The molecule has 0 N–H and O–H groups in total. The minimum Gasteiger partial charge on any atom is -0.493 e. The molecule has 0 bridgehead atoms. The van der Waals surface area contributed by atoms with E-state index in [0.717, 1.165) is 11.8 Å². The molecule has 2 aromatic rings. The van der Waals surface area contributed by atoms with Gasteiger partial charge in [-0.15, -0.1) is 0 Å². The van der Waals surface area contributed by atoms with Crippen molar-refractivity contribution >= 4 is 62.0 Å². The van der Waals surface area contributed by atoms with Crippen molar-refractivity contribution in [1.82, 2.24) is 4.90 Å². The lowest BCUT2D eigenvalue weighted by Crippen LogP contribution is -2.27. The number of carbonyl (C=O) groups excluding carboxylic acids is 1. The number of benzene rings is 2. The lowest BCUT2D eigenvalue weighted by Gasteiger charge is -2.14. The van der Waals surface area contributed by atoms with E-state index in [1.165, 1.54) is 35.9 Å². The number of thiocarbonyl (C=S) groups is 1. The SMILES string of the molecule is COc1cc(C=C2SC(=S)N(Cc3ccccc3)C2=O)cc(Cl)c1OS(C)(=O)=O. The number of halogens is 1. The molecule has 0 unspecified atom stereocenters. The third kappa shape index (κ3) is 5.30. The van der Waals surface area contributed by atoms with Gasteiger partial charge in [-0.2, -0.15) is 8.42 Å². The Morgan fingerprint density at radius 3 is 2.55 bits per heavy atom. The van der Waals surface area contributed by atoms with Gasteiger partial charge in [0, 0.05) is 0 Å². The van der Waals surface area contributed by atoms with E-state index >= 15 is 0 Å². The average Bonchev–Trinajstić information content (AvgIpc) is 2.91. The molecule has 1 aliphatic heterocycles. The molecule has 0 atom stereocenters. The summed E-state index contributed by atoms with van der Waals surface area (Å²) >= 11 is 12.7. The summed E-state index contributed by atoms with van der Waals surface area (Å²) in [5, 5.41) is 0.0424. The number of hydrogen-bond acceptors (Lipinski definition) is 7. The first-order valence-electron chi connectivity index (χ1n) is 8.24. The molecule has 152 valence electrons. The molecule has 0 radical (unpaired) electrons. The molecular formula is C19H16ClNO5S3. The maximum Gasteiger partial charge on any atom is 0.306 e. The highest BCUT2D eigenvalue weighted by Gasteiger charge is 2.32. The molecule has 6 nitrogen and oxygen atoms in total. The Morgan fingerprint density at radius 1 is 1.24 bits per heavy atom.